The Morgan fingerprint density at radius 3 is 2.15 bits per heavy atom. The normalized spacial score (nSPS) is 21.4. The van der Waals surface area contributed by atoms with Gasteiger partial charge in [0, 0.05) is 11.4 Å². The number of para-hydroxylation sites is 1. The molecular weight excluding hydrogens is 244 g/mol. The Labute approximate surface area is 119 Å². The zero-order valence-corrected chi connectivity index (χ0v) is 11.3. The standard InChI is InChI=1S/C18H18N2/c19-18(15-7-3-1-4-8-15)13-11-17(12-14-18)20-16-9-5-2-6-10-16/h1-13,20H,14,19H2. The summed E-state index contributed by atoms with van der Waals surface area (Å²) >= 11 is 0. The third kappa shape index (κ3) is 2.65. The van der Waals surface area contributed by atoms with Gasteiger partial charge in [-0.1, -0.05) is 60.7 Å². The van der Waals surface area contributed by atoms with Gasteiger partial charge in [0.15, 0.2) is 0 Å². The highest BCUT2D eigenvalue weighted by molar-refractivity contribution is 5.52. The fourth-order valence-corrected chi connectivity index (χ4v) is 2.40. The maximum absolute atomic E-state index is 6.48. The predicted molar refractivity (Wildman–Crippen MR) is 84.2 cm³/mol. The molecule has 2 heteroatoms. The van der Waals surface area contributed by atoms with E-state index in [2.05, 4.69) is 47.8 Å². The second kappa shape index (κ2) is 5.35. The van der Waals surface area contributed by atoms with E-state index in [-0.39, 0.29) is 0 Å². The number of rotatable bonds is 3. The van der Waals surface area contributed by atoms with Crippen molar-refractivity contribution in [2.45, 2.75) is 12.0 Å². The average Bonchev–Trinajstić information content (AvgIpc) is 2.52. The van der Waals surface area contributed by atoms with Crippen molar-refractivity contribution in [3.63, 3.8) is 0 Å². The summed E-state index contributed by atoms with van der Waals surface area (Å²) in [6, 6.07) is 20.4. The topological polar surface area (TPSA) is 38.0 Å². The smallest absolute Gasteiger partial charge is 0.0634 e. The molecule has 0 aromatic heterocycles. The van der Waals surface area contributed by atoms with E-state index in [1.807, 2.05) is 36.4 Å². The van der Waals surface area contributed by atoms with Crippen LogP contribution in [0.25, 0.3) is 0 Å². The summed E-state index contributed by atoms with van der Waals surface area (Å²) in [6.07, 6.45) is 7.08. The Morgan fingerprint density at radius 2 is 1.55 bits per heavy atom. The van der Waals surface area contributed by atoms with E-state index in [0.29, 0.717) is 0 Å². The van der Waals surface area contributed by atoms with Crippen LogP contribution in [0.15, 0.2) is 84.6 Å². The summed E-state index contributed by atoms with van der Waals surface area (Å²) in [5.41, 5.74) is 9.40. The third-order valence-corrected chi connectivity index (χ3v) is 3.59. The summed E-state index contributed by atoms with van der Waals surface area (Å²) < 4.78 is 0. The lowest BCUT2D eigenvalue weighted by molar-refractivity contribution is 0.563. The maximum atomic E-state index is 6.48. The minimum Gasteiger partial charge on any atom is -0.356 e. The van der Waals surface area contributed by atoms with Gasteiger partial charge >= 0.3 is 0 Å². The summed E-state index contributed by atoms with van der Waals surface area (Å²) in [5, 5.41) is 3.39. The predicted octanol–water partition coefficient (Wildman–Crippen LogP) is 3.80. The SMILES string of the molecule is NC1(c2ccccc2)C=CC(Nc2ccccc2)=CC1. The van der Waals surface area contributed by atoms with Crippen LogP contribution in [-0.4, -0.2) is 0 Å². The molecule has 2 aromatic rings. The lowest BCUT2D eigenvalue weighted by Gasteiger charge is -2.28. The van der Waals surface area contributed by atoms with Crippen molar-refractivity contribution in [2.75, 3.05) is 5.32 Å². The van der Waals surface area contributed by atoms with Crippen LogP contribution in [-0.2, 0) is 5.54 Å². The van der Waals surface area contributed by atoms with Crippen LogP contribution in [0.1, 0.15) is 12.0 Å². The molecule has 100 valence electrons. The summed E-state index contributed by atoms with van der Waals surface area (Å²) in [6.45, 7) is 0. The van der Waals surface area contributed by atoms with Crippen molar-refractivity contribution >= 4 is 5.69 Å². The number of hydrogen-bond acceptors (Lipinski definition) is 2. The van der Waals surface area contributed by atoms with Gasteiger partial charge in [0.2, 0.25) is 0 Å². The molecule has 3 rings (SSSR count). The molecule has 1 aliphatic carbocycles. The van der Waals surface area contributed by atoms with Crippen molar-refractivity contribution in [3.05, 3.63) is 90.2 Å². The quantitative estimate of drug-likeness (QED) is 0.883. The van der Waals surface area contributed by atoms with Crippen molar-refractivity contribution in [1.82, 2.24) is 0 Å². The molecule has 0 amide bonds. The molecule has 0 fully saturated rings. The van der Waals surface area contributed by atoms with Crippen LogP contribution in [0.2, 0.25) is 0 Å². The van der Waals surface area contributed by atoms with Gasteiger partial charge in [-0.2, -0.15) is 0 Å². The fraction of sp³-hybridized carbons (Fsp3) is 0.111. The Hall–Kier alpha value is -2.32. The molecule has 0 bridgehead atoms. The molecule has 1 unspecified atom stereocenters. The molecular formula is C18H18N2. The fourth-order valence-electron chi connectivity index (χ4n) is 2.40. The number of hydrogen-bond donors (Lipinski definition) is 2. The Balaban J connectivity index is 1.74. The number of allylic oxidation sites excluding steroid dienone is 1. The number of benzene rings is 2. The summed E-state index contributed by atoms with van der Waals surface area (Å²) in [7, 11) is 0. The van der Waals surface area contributed by atoms with Crippen LogP contribution in [0.5, 0.6) is 0 Å². The number of nitrogens with one attached hydrogen (secondary N) is 1. The third-order valence-electron chi connectivity index (χ3n) is 3.59. The molecule has 0 spiro atoms. The van der Waals surface area contributed by atoms with Crippen molar-refractivity contribution in [2.24, 2.45) is 5.73 Å². The lowest BCUT2D eigenvalue weighted by atomic mass is 9.84. The Kier molecular flexibility index (Phi) is 3.40. The van der Waals surface area contributed by atoms with E-state index in [9.17, 15) is 0 Å². The number of anilines is 1. The van der Waals surface area contributed by atoms with Crippen LogP contribution in [0.3, 0.4) is 0 Å². The molecule has 0 aliphatic heterocycles. The zero-order chi connectivity index (χ0) is 13.8. The summed E-state index contributed by atoms with van der Waals surface area (Å²) in [5.74, 6) is 0. The minimum absolute atomic E-state index is 0.400. The van der Waals surface area contributed by atoms with Crippen LogP contribution in [0.4, 0.5) is 5.69 Å². The van der Waals surface area contributed by atoms with E-state index in [0.717, 1.165) is 23.4 Å². The first-order valence-electron chi connectivity index (χ1n) is 6.82. The van der Waals surface area contributed by atoms with Crippen molar-refractivity contribution < 1.29 is 0 Å². The van der Waals surface area contributed by atoms with Gasteiger partial charge in [0.05, 0.1) is 5.54 Å². The second-order valence-corrected chi connectivity index (χ2v) is 5.09. The zero-order valence-electron chi connectivity index (χ0n) is 11.3. The molecule has 0 radical (unpaired) electrons. The van der Waals surface area contributed by atoms with E-state index in [4.69, 9.17) is 5.73 Å². The molecule has 2 aromatic carbocycles. The van der Waals surface area contributed by atoms with Gasteiger partial charge in [-0.25, -0.2) is 0 Å². The number of nitrogens with two attached hydrogens (primary N) is 1. The van der Waals surface area contributed by atoms with Gasteiger partial charge in [-0.3, -0.25) is 0 Å². The lowest BCUT2D eigenvalue weighted by Crippen LogP contribution is -2.35. The first kappa shape index (κ1) is 12.7. The molecule has 1 aliphatic rings. The van der Waals surface area contributed by atoms with Gasteiger partial charge < -0.3 is 11.1 Å². The molecule has 0 saturated carbocycles. The van der Waals surface area contributed by atoms with Gasteiger partial charge in [0.25, 0.3) is 0 Å². The van der Waals surface area contributed by atoms with E-state index >= 15 is 0 Å². The van der Waals surface area contributed by atoms with Crippen molar-refractivity contribution in [3.8, 4) is 0 Å². The molecule has 3 N–H and O–H groups in total. The highest BCUT2D eigenvalue weighted by Gasteiger charge is 2.25. The molecule has 1 atom stereocenters. The molecule has 2 nitrogen and oxygen atoms in total. The van der Waals surface area contributed by atoms with E-state index in [1.165, 1.54) is 0 Å². The van der Waals surface area contributed by atoms with Gasteiger partial charge in [0.1, 0.15) is 0 Å². The second-order valence-electron chi connectivity index (χ2n) is 5.09. The van der Waals surface area contributed by atoms with E-state index < -0.39 is 5.54 Å². The highest BCUT2D eigenvalue weighted by Crippen LogP contribution is 2.29. The molecule has 0 heterocycles. The molecule has 20 heavy (non-hydrogen) atoms. The first-order valence-corrected chi connectivity index (χ1v) is 6.82. The molecule has 0 saturated heterocycles. The van der Waals surface area contributed by atoms with Gasteiger partial charge in [-0.05, 0) is 30.2 Å². The summed E-state index contributed by atoms with van der Waals surface area (Å²) in [4.78, 5) is 0. The Bertz CT molecular complexity index is 629. The van der Waals surface area contributed by atoms with Crippen molar-refractivity contribution in [1.29, 1.82) is 0 Å². The minimum atomic E-state index is -0.400. The largest absolute Gasteiger partial charge is 0.356 e. The first-order chi connectivity index (χ1) is 9.76. The van der Waals surface area contributed by atoms with Crippen LogP contribution >= 0.6 is 0 Å². The maximum Gasteiger partial charge on any atom is 0.0634 e. The highest BCUT2D eigenvalue weighted by atomic mass is 14.9. The Morgan fingerprint density at radius 1 is 0.900 bits per heavy atom. The van der Waals surface area contributed by atoms with Gasteiger partial charge in [-0.15, -0.1) is 0 Å². The monoisotopic (exact) mass is 262 g/mol. The van der Waals surface area contributed by atoms with Crippen LogP contribution in [0, 0.1) is 0 Å². The van der Waals surface area contributed by atoms with Crippen LogP contribution < -0.4 is 11.1 Å². The van der Waals surface area contributed by atoms with E-state index in [1.54, 1.807) is 0 Å². The average molecular weight is 262 g/mol.